The van der Waals surface area contributed by atoms with Gasteiger partial charge in [0.15, 0.2) is 6.10 Å². The van der Waals surface area contributed by atoms with E-state index >= 15 is 0 Å². The Morgan fingerprint density at radius 3 is 0.942 bits per heavy atom. The molecule has 6 nitrogen and oxygen atoms in total. The van der Waals surface area contributed by atoms with Crippen LogP contribution in [0.3, 0.4) is 0 Å². The Morgan fingerprint density at radius 2 is 0.635 bits per heavy atom. The van der Waals surface area contributed by atoms with Gasteiger partial charge in [-0.3, -0.25) is 14.4 Å². The molecule has 0 aliphatic heterocycles. The molecule has 0 amide bonds. The third kappa shape index (κ3) is 39.6. The second kappa shape index (κ2) is 40.6. The molecule has 0 heterocycles. The standard InChI is InChI=1S/C46H88O6/c1-5-7-9-11-12-13-14-15-16-17-18-19-23-26-30-34-38-45(48)51-41-43(40-50-44(47)37-33-28-10-8-6-2)52-46(49)39-35-31-27-24-21-20-22-25-29-32-36-42(3)4/h42-43H,5-41H2,1-4H3/t43-/m1/s1. The quantitative estimate of drug-likeness (QED) is 0.0353. The zero-order chi connectivity index (χ0) is 38.2. The molecule has 308 valence electrons. The van der Waals surface area contributed by atoms with Gasteiger partial charge in [-0.2, -0.15) is 0 Å². The number of hydrogen-bond donors (Lipinski definition) is 0. The Kier molecular flexibility index (Phi) is 39.4. The maximum atomic E-state index is 12.7. The van der Waals surface area contributed by atoms with Gasteiger partial charge < -0.3 is 14.2 Å². The summed E-state index contributed by atoms with van der Waals surface area (Å²) >= 11 is 0. The zero-order valence-corrected chi connectivity index (χ0v) is 35.3. The van der Waals surface area contributed by atoms with Crippen molar-refractivity contribution in [3.8, 4) is 0 Å². The number of esters is 3. The molecule has 1 atom stereocenters. The zero-order valence-electron chi connectivity index (χ0n) is 35.3. The van der Waals surface area contributed by atoms with Crippen LogP contribution < -0.4 is 0 Å². The molecular weight excluding hydrogens is 648 g/mol. The molecule has 0 N–H and O–H groups in total. The van der Waals surface area contributed by atoms with Crippen LogP contribution in [0.4, 0.5) is 0 Å². The van der Waals surface area contributed by atoms with Crippen molar-refractivity contribution in [2.45, 2.75) is 259 Å². The molecule has 0 rings (SSSR count). The summed E-state index contributed by atoms with van der Waals surface area (Å²) in [6.07, 6.45) is 39.7. The second-order valence-corrected chi connectivity index (χ2v) is 16.2. The molecule has 0 spiro atoms. The Morgan fingerprint density at radius 1 is 0.365 bits per heavy atom. The van der Waals surface area contributed by atoms with E-state index in [1.807, 2.05) is 0 Å². The molecular formula is C46H88O6. The predicted molar refractivity (Wildman–Crippen MR) is 220 cm³/mol. The van der Waals surface area contributed by atoms with Crippen LogP contribution in [-0.4, -0.2) is 37.2 Å². The summed E-state index contributed by atoms with van der Waals surface area (Å²) in [5.74, 6) is -0.0517. The molecule has 0 radical (unpaired) electrons. The van der Waals surface area contributed by atoms with Crippen LogP contribution in [0, 0.1) is 5.92 Å². The van der Waals surface area contributed by atoms with Gasteiger partial charge in [-0.25, -0.2) is 0 Å². The van der Waals surface area contributed by atoms with E-state index < -0.39 is 6.10 Å². The van der Waals surface area contributed by atoms with Crippen LogP contribution >= 0.6 is 0 Å². The Bertz CT molecular complexity index is 781. The molecule has 0 aromatic heterocycles. The summed E-state index contributed by atoms with van der Waals surface area (Å²) in [5, 5.41) is 0. The highest BCUT2D eigenvalue weighted by atomic mass is 16.6. The van der Waals surface area contributed by atoms with E-state index in [1.165, 1.54) is 141 Å². The fourth-order valence-electron chi connectivity index (χ4n) is 6.80. The summed E-state index contributed by atoms with van der Waals surface area (Å²) in [5.41, 5.74) is 0. The van der Waals surface area contributed by atoms with E-state index in [4.69, 9.17) is 14.2 Å². The lowest BCUT2D eigenvalue weighted by Crippen LogP contribution is -2.30. The monoisotopic (exact) mass is 737 g/mol. The average Bonchev–Trinajstić information content (AvgIpc) is 3.12. The van der Waals surface area contributed by atoms with Crippen molar-refractivity contribution in [1.82, 2.24) is 0 Å². The van der Waals surface area contributed by atoms with Gasteiger partial charge in [0.1, 0.15) is 13.2 Å². The lowest BCUT2D eigenvalue weighted by molar-refractivity contribution is -0.167. The summed E-state index contributed by atoms with van der Waals surface area (Å²) in [6.45, 7) is 8.91. The molecule has 0 aliphatic carbocycles. The van der Waals surface area contributed by atoms with Gasteiger partial charge in [0, 0.05) is 19.3 Å². The Labute approximate surface area is 323 Å². The first kappa shape index (κ1) is 50.4. The highest BCUT2D eigenvalue weighted by Crippen LogP contribution is 2.16. The number of hydrogen-bond acceptors (Lipinski definition) is 6. The lowest BCUT2D eigenvalue weighted by Gasteiger charge is -2.18. The van der Waals surface area contributed by atoms with Crippen molar-refractivity contribution >= 4 is 17.9 Å². The highest BCUT2D eigenvalue weighted by molar-refractivity contribution is 5.71. The van der Waals surface area contributed by atoms with Gasteiger partial charge >= 0.3 is 17.9 Å². The molecule has 0 fully saturated rings. The molecule has 0 aliphatic rings. The number of carbonyl (C=O) groups excluding carboxylic acids is 3. The average molecular weight is 737 g/mol. The van der Waals surface area contributed by atoms with Gasteiger partial charge in [-0.15, -0.1) is 0 Å². The van der Waals surface area contributed by atoms with Crippen LogP contribution in [0.2, 0.25) is 0 Å². The Hall–Kier alpha value is -1.59. The molecule has 52 heavy (non-hydrogen) atoms. The van der Waals surface area contributed by atoms with Crippen molar-refractivity contribution in [3.63, 3.8) is 0 Å². The fourth-order valence-corrected chi connectivity index (χ4v) is 6.80. The summed E-state index contributed by atoms with van der Waals surface area (Å²) in [6, 6.07) is 0. The van der Waals surface area contributed by atoms with Gasteiger partial charge in [-0.1, -0.05) is 214 Å². The molecule has 0 saturated carbocycles. The number of unbranched alkanes of at least 4 members (excludes halogenated alkanes) is 28. The van der Waals surface area contributed by atoms with Gasteiger partial charge in [-0.05, 0) is 25.2 Å². The molecule has 6 heteroatoms. The lowest BCUT2D eigenvalue weighted by atomic mass is 10.0. The summed E-state index contributed by atoms with van der Waals surface area (Å²) < 4.78 is 16.6. The number of carbonyl (C=O) groups is 3. The normalized spacial score (nSPS) is 11.9. The summed E-state index contributed by atoms with van der Waals surface area (Å²) in [4.78, 5) is 37.5. The van der Waals surface area contributed by atoms with Crippen LogP contribution in [-0.2, 0) is 28.6 Å². The molecule has 0 saturated heterocycles. The van der Waals surface area contributed by atoms with Crippen molar-refractivity contribution < 1.29 is 28.6 Å². The van der Waals surface area contributed by atoms with Crippen LogP contribution in [0.5, 0.6) is 0 Å². The second-order valence-electron chi connectivity index (χ2n) is 16.2. The van der Waals surface area contributed by atoms with Crippen molar-refractivity contribution in [2.24, 2.45) is 5.92 Å². The minimum atomic E-state index is -0.758. The minimum absolute atomic E-state index is 0.0648. The van der Waals surface area contributed by atoms with Crippen molar-refractivity contribution in [2.75, 3.05) is 13.2 Å². The third-order valence-electron chi connectivity index (χ3n) is 10.3. The van der Waals surface area contributed by atoms with E-state index in [0.29, 0.717) is 19.3 Å². The molecule has 0 aromatic rings. The van der Waals surface area contributed by atoms with Gasteiger partial charge in [0.05, 0.1) is 0 Å². The molecule has 0 unspecified atom stereocenters. The van der Waals surface area contributed by atoms with Crippen LogP contribution in [0.15, 0.2) is 0 Å². The number of rotatable bonds is 41. The Balaban J connectivity index is 4.16. The topological polar surface area (TPSA) is 78.9 Å². The van der Waals surface area contributed by atoms with Crippen molar-refractivity contribution in [3.05, 3.63) is 0 Å². The first-order valence-electron chi connectivity index (χ1n) is 22.9. The maximum absolute atomic E-state index is 12.7. The minimum Gasteiger partial charge on any atom is -0.462 e. The van der Waals surface area contributed by atoms with E-state index in [1.54, 1.807) is 0 Å². The van der Waals surface area contributed by atoms with Crippen LogP contribution in [0.1, 0.15) is 252 Å². The van der Waals surface area contributed by atoms with Gasteiger partial charge in [0.25, 0.3) is 0 Å². The first-order valence-corrected chi connectivity index (χ1v) is 22.9. The molecule has 0 bridgehead atoms. The predicted octanol–water partition coefficient (Wildman–Crippen LogP) is 14.3. The number of ether oxygens (including phenoxy) is 3. The smallest absolute Gasteiger partial charge is 0.306 e. The fraction of sp³-hybridized carbons (Fsp3) is 0.935. The van der Waals surface area contributed by atoms with Crippen molar-refractivity contribution in [1.29, 1.82) is 0 Å². The van der Waals surface area contributed by atoms with Crippen LogP contribution in [0.25, 0.3) is 0 Å². The largest absolute Gasteiger partial charge is 0.462 e. The first-order chi connectivity index (χ1) is 25.4. The van der Waals surface area contributed by atoms with E-state index in [9.17, 15) is 14.4 Å². The van der Waals surface area contributed by atoms with E-state index in [2.05, 4.69) is 27.7 Å². The van der Waals surface area contributed by atoms with E-state index in [-0.39, 0.29) is 31.1 Å². The third-order valence-corrected chi connectivity index (χ3v) is 10.3. The van der Waals surface area contributed by atoms with E-state index in [0.717, 1.165) is 70.1 Å². The summed E-state index contributed by atoms with van der Waals surface area (Å²) in [7, 11) is 0. The SMILES string of the molecule is CCCCCCCCCCCCCCCCCCC(=O)OC[C@@H](COC(=O)CCCCCCC)OC(=O)CCCCCCCCCCCCC(C)C. The maximum Gasteiger partial charge on any atom is 0.306 e. The van der Waals surface area contributed by atoms with Gasteiger partial charge in [0.2, 0.25) is 0 Å². The highest BCUT2D eigenvalue weighted by Gasteiger charge is 2.19. The molecule has 0 aromatic carbocycles.